The Hall–Kier alpha value is -1.43. The SMILES string of the molecule is C[C@H]1[C@H]2CN(c3nc(Cl)ncc3F)C[C@@]21NC(=O)C1CC1. The van der Waals surface area contributed by atoms with Crippen molar-refractivity contribution in [3.05, 3.63) is 17.3 Å². The number of halogens is 2. The first-order chi connectivity index (χ1) is 10.0. The van der Waals surface area contributed by atoms with Crippen molar-refractivity contribution in [2.45, 2.75) is 25.3 Å². The summed E-state index contributed by atoms with van der Waals surface area (Å²) in [6.07, 6.45) is 3.06. The number of piperidine rings is 1. The van der Waals surface area contributed by atoms with E-state index in [-0.39, 0.29) is 28.5 Å². The van der Waals surface area contributed by atoms with Crippen LogP contribution in [0.2, 0.25) is 5.28 Å². The van der Waals surface area contributed by atoms with E-state index in [0.29, 0.717) is 24.9 Å². The minimum absolute atomic E-state index is 0.0380. The third-order valence-electron chi connectivity index (χ3n) is 5.14. The van der Waals surface area contributed by atoms with Gasteiger partial charge in [-0.2, -0.15) is 4.98 Å². The fourth-order valence-electron chi connectivity index (χ4n) is 3.57. The predicted octanol–water partition coefficient (Wildman–Crippen LogP) is 1.62. The van der Waals surface area contributed by atoms with Crippen LogP contribution in [0, 0.1) is 23.6 Å². The Bertz CT molecular complexity index is 623. The van der Waals surface area contributed by atoms with Gasteiger partial charge in [0.1, 0.15) is 0 Å². The van der Waals surface area contributed by atoms with Gasteiger partial charge < -0.3 is 10.2 Å². The fraction of sp³-hybridized carbons (Fsp3) is 0.643. The molecule has 3 fully saturated rings. The Balaban J connectivity index is 1.54. The average molecular weight is 311 g/mol. The van der Waals surface area contributed by atoms with Crippen molar-refractivity contribution in [2.24, 2.45) is 17.8 Å². The van der Waals surface area contributed by atoms with Gasteiger partial charge in [-0.3, -0.25) is 4.79 Å². The maximum atomic E-state index is 13.9. The monoisotopic (exact) mass is 310 g/mol. The van der Waals surface area contributed by atoms with Crippen molar-refractivity contribution in [1.29, 1.82) is 0 Å². The molecule has 5 nitrogen and oxygen atoms in total. The largest absolute Gasteiger partial charge is 0.351 e. The van der Waals surface area contributed by atoms with E-state index in [9.17, 15) is 9.18 Å². The predicted molar refractivity (Wildman–Crippen MR) is 75.5 cm³/mol. The molecule has 4 rings (SSSR count). The molecule has 7 heteroatoms. The summed E-state index contributed by atoms with van der Waals surface area (Å²) in [6.45, 7) is 3.41. The fourth-order valence-corrected chi connectivity index (χ4v) is 3.70. The second-order valence-corrected chi connectivity index (χ2v) is 6.73. The van der Waals surface area contributed by atoms with Crippen LogP contribution >= 0.6 is 11.6 Å². The van der Waals surface area contributed by atoms with Crippen LogP contribution in [-0.2, 0) is 4.79 Å². The summed E-state index contributed by atoms with van der Waals surface area (Å²) >= 11 is 5.76. The number of aromatic nitrogens is 2. The molecule has 1 amide bonds. The summed E-state index contributed by atoms with van der Waals surface area (Å²) in [4.78, 5) is 21.5. The van der Waals surface area contributed by atoms with Crippen molar-refractivity contribution in [2.75, 3.05) is 18.0 Å². The van der Waals surface area contributed by atoms with Crippen LogP contribution in [0.5, 0.6) is 0 Å². The summed E-state index contributed by atoms with van der Waals surface area (Å²) in [7, 11) is 0. The van der Waals surface area contributed by atoms with E-state index in [0.717, 1.165) is 19.0 Å². The molecular weight excluding hydrogens is 295 g/mol. The smallest absolute Gasteiger partial charge is 0.224 e. The maximum absolute atomic E-state index is 13.9. The topological polar surface area (TPSA) is 58.1 Å². The maximum Gasteiger partial charge on any atom is 0.224 e. The number of hydrogen-bond donors (Lipinski definition) is 1. The zero-order valence-electron chi connectivity index (χ0n) is 11.6. The van der Waals surface area contributed by atoms with Crippen LogP contribution in [0.15, 0.2) is 6.20 Å². The first-order valence-electron chi connectivity index (χ1n) is 7.26. The van der Waals surface area contributed by atoms with Gasteiger partial charge in [0.2, 0.25) is 11.2 Å². The zero-order chi connectivity index (χ0) is 14.8. The number of anilines is 1. The number of rotatable bonds is 3. The van der Waals surface area contributed by atoms with Crippen LogP contribution in [-0.4, -0.2) is 34.5 Å². The Morgan fingerprint density at radius 3 is 3.05 bits per heavy atom. The van der Waals surface area contributed by atoms with Gasteiger partial charge in [0.25, 0.3) is 0 Å². The van der Waals surface area contributed by atoms with Crippen molar-refractivity contribution in [3.63, 3.8) is 0 Å². The van der Waals surface area contributed by atoms with Crippen molar-refractivity contribution < 1.29 is 9.18 Å². The van der Waals surface area contributed by atoms with Crippen molar-refractivity contribution in [3.8, 4) is 0 Å². The molecule has 1 aromatic heterocycles. The molecule has 112 valence electrons. The van der Waals surface area contributed by atoms with Crippen LogP contribution in [0.3, 0.4) is 0 Å². The molecule has 0 unspecified atom stereocenters. The highest BCUT2D eigenvalue weighted by atomic mass is 35.5. The van der Waals surface area contributed by atoms with Gasteiger partial charge in [-0.05, 0) is 30.4 Å². The van der Waals surface area contributed by atoms with Gasteiger partial charge in [0, 0.05) is 24.9 Å². The van der Waals surface area contributed by atoms with Gasteiger partial charge in [-0.1, -0.05) is 6.92 Å². The highest BCUT2D eigenvalue weighted by Gasteiger charge is 2.68. The van der Waals surface area contributed by atoms with E-state index in [1.807, 2.05) is 4.90 Å². The first kappa shape index (κ1) is 13.2. The Kier molecular flexibility index (Phi) is 2.70. The summed E-state index contributed by atoms with van der Waals surface area (Å²) in [5, 5.41) is 3.23. The lowest BCUT2D eigenvalue weighted by molar-refractivity contribution is -0.123. The molecule has 21 heavy (non-hydrogen) atoms. The van der Waals surface area contributed by atoms with E-state index in [4.69, 9.17) is 11.6 Å². The first-order valence-corrected chi connectivity index (χ1v) is 7.64. The third kappa shape index (κ3) is 1.99. The Morgan fingerprint density at radius 2 is 2.33 bits per heavy atom. The number of nitrogens with zero attached hydrogens (tertiary/aromatic N) is 3. The lowest BCUT2D eigenvalue weighted by Gasteiger charge is -2.24. The van der Waals surface area contributed by atoms with E-state index in [1.54, 1.807) is 0 Å². The van der Waals surface area contributed by atoms with E-state index >= 15 is 0 Å². The van der Waals surface area contributed by atoms with E-state index < -0.39 is 5.82 Å². The molecule has 0 bridgehead atoms. The molecule has 2 saturated carbocycles. The standard InChI is InChI=1S/C14H16ClFN4O/c1-7-9-5-20(11-10(16)4-17-13(15)18-11)6-14(7,9)19-12(21)8-2-3-8/h4,7-9H,2-3,5-6H2,1H3,(H,19,21)/t7-,9+,14-/m0/s1. The van der Waals surface area contributed by atoms with Gasteiger partial charge in [0.15, 0.2) is 11.6 Å². The van der Waals surface area contributed by atoms with E-state index in [1.165, 1.54) is 0 Å². The Labute approximate surface area is 126 Å². The molecule has 0 aromatic carbocycles. The number of amides is 1. The van der Waals surface area contributed by atoms with Gasteiger partial charge in [0.05, 0.1) is 11.7 Å². The molecule has 0 spiro atoms. The Morgan fingerprint density at radius 1 is 1.57 bits per heavy atom. The molecule has 2 aliphatic carbocycles. The molecular formula is C14H16ClFN4O. The molecule has 2 heterocycles. The summed E-state index contributed by atoms with van der Waals surface area (Å²) < 4.78 is 13.9. The van der Waals surface area contributed by atoms with Crippen LogP contribution < -0.4 is 10.2 Å². The molecule has 1 N–H and O–H groups in total. The zero-order valence-corrected chi connectivity index (χ0v) is 12.4. The van der Waals surface area contributed by atoms with Gasteiger partial charge >= 0.3 is 0 Å². The number of fused-ring (bicyclic) bond motifs is 1. The van der Waals surface area contributed by atoms with Gasteiger partial charge in [-0.15, -0.1) is 0 Å². The molecule has 1 aliphatic heterocycles. The van der Waals surface area contributed by atoms with Crippen LogP contribution in [0.4, 0.5) is 10.2 Å². The summed E-state index contributed by atoms with van der Waals surface area (Å²) in [6, 6.07) is 0. The van der Waals surface area contributed by atoms with Crippen molar-refractivity contribution >= 4 is 23.3 Å². The molecule has 3 aliphatic rings. The normalized spacial score (nSPS) is 33.8. The second kappa shape index (κ2) is 4.29. The number of hydrogen-bond acceptors (Lipinski definition) is 4. The van der Waals surface area contributed by atoms with E-state index in [2.05, 4.69) is 22.2 Å². The van der Waals surface area contributed by atoms with Crippen LogP contribution in [0.25, 0.3) is 0 Å². The molecule has 1 aromatic rings. The lowest BCUT2D eigenvalue weighted by Crippen LogP contribution is -2.45. The molecule has 3 atom stereocenters. The minimum Gasteiger partial charge on any atom is -0.351 e. The van der Waals surface area contributed by atoms with Gasteiger partial charge in [-0.25, -0.2) is 9.37 Å². The summed E-state index contributed by atoms with van der Waals surface area (Å²) in [5.74, 6) is 0.871. The highest BCUT2D eigenvalue weighted by Crippen LogP contribution is 2.56. The number of carbonyl (C=O) groups excluding carboxylic acids is 1. The number of nitrogens with one attached hydrogen (secondary N) is 1. The molecule has 0 radical (unpaired) electrons. The number of carbonyl (C=O) groups is 1. The third-order valence-corrected chi connectivity index (χ3v) is 5.32. The second-order valence-electron chi connectivity index (χ2n) is 6.39. The minimum atomic E-state index is -0.475. The quantitative estimate of drug-likeness (QED) is 0.862. The lowest BCUT2D eigenvalue weighted by atomic mass is 10.2. The molecule has 1 saturated heterocycles. The van der Waals surface area contributed by atoms with Crippen LogP contribution in [0.1, 0.15) is 19.8 Å². The highest BCUT2D eigenvalue weighted by molar-refractivity contribution is 6.28. The average Bonchev–Trinajstić information content (AvgIpc) is 3.33. The van der Waals surface area contributed by atoms with Crippen molar-refractivity contribution in [1.82, 2.24) is 15.3 Å². The summed E-state index contributed by atoms with van der Waals surface area (Å²) in [5.41, 5.74) is -0.219.